The Bertz CT molecular complexity index is 1170. The highest BCUT2D eigenvalue weighted by Crippen LogP contribution is 2.41. The molecule has 4 aromatic rings. The van der Waals surface area contributed by atoms with Gasteiger partial charge < -0.3 is 4.90 Å². The second-order valence-corrected chi connectivity index (χ2v) is 16.1. The molecule has 3 aromatic carbocycles. The topological polar surface area (TPSA) is 3.24 Å². The number of nitrogens with zero attached hydrogens (tertiary/aromatic N) is 1. The minimum Gasteiger partial charge on any atom is -0.343 e. The van der Waals surface area contributed by atoms with Gasteiger partial charge >= 0.3 is 0 Å². The Balaban J connectivity index is 1.86. The average Bonchev–Trinajstić information content (AvgIpc) is 3.04. The third-order valence-corrected chi connectivity index (χ3v) is 9.28. The van der Waals surface area contributed by atoms with Crippen LogP contribution in [0.3, 0.4) is 0 Å². The zero-order chi connectivity index (χ0) is 21.0. The SMILES string of the molecule is CN(c1ccc(C(C)(C)C)cc1)c1cccc2c1sc1c([Si](C)(C)C)cccc12. The van der Waals surface area contributed by atoms with E-state index in [0.29, 0.717) is 0 Å². The summed E-state index contributed by atoms with van der Waals surface area (Å²) in [5.74, 6) is 0. The van der Waals surface area contributed by atoms with Gasteiger partial charge in [0.15, 0.2) is 0 Å². The summed E-state index contributed by atoms with van der Waals surface area (Å²) in [6, 6.07) is 22.6. The highest BCUT2D eigenvalue weighted by molar-refractivity contribution is 7.28. The predicted octanol–water partition coefficient (Wildman–Crippen LogP) is 7.67. The van der Waals surface area contributed by atoms with Gasteiger partial charge in [0.25, 0.3) is 0 Å². The molecule has 0 saturated carbocycles. The minimum absolute atomic E-state index is 0.176. The van der Waals surface area contributed by atoms with Gasteiger partial charge in [0.05, 0.1) is 18.5 Å². The molecule has 1 aromatic heterocycles. The molecule has 0 amide bonds. The Kier molecular flexibility index (Phi) is 4.87. The van der Waals surface area contributed by atoms with Crippen LogP contribution in [0, 0.1) is 0 Å². The number of anilines is 2. The molecule has 0 aliphatic heterocycles. The van der Waals surface area contributed by atoms with E-state index in [-0.39, 0.29) is 5.41 Å². The first-order valence-electron chi connectivity index (χ1n) is 10.4. The molecule has 0 spiro atoms. The summed E-state index contributed by atoms with van der Waals surface area (Å²) >= 11 is 1.97. The summed E-state index contributed by atoms with van der Waals surface area (Å²) in [6.07, 6.45) is 0. The van der Waals surface area contributed by atoms with Gasteiger partial charge in [0.1, 0.15) is 0 Å². The van der Waals surface area contributed by atoms with Crippen molar-refractivity contribution in [3.05, 3.63) is 66.2 Å². The van der Waals surface area contributed by atoms with Crippen LogP contribution < -0.4 is 10.1 Å². The molecule has 4 rings (SSSR count). The molecule has 0 aliphatic carbocycles. The van der Waals surface area contributed by atoms with Crippen molar-refractivity contribution in [1.82, 2.24) is 0 Å². The molecule has 0 radical (unpaired) electrons. The monoisotopic (exact) mass is 417 g/mol. The molecule has 29 heavy (non-hydrogen) atoms. The third-order valence-electron chi connectivity index (χ3n) is 5.79. The lowest BCUT2D eigenvalue weighted by Crippen LogP contribution is -2.37. The summed E-state index contributed by atoms with van der Waals surface area (Å²) in [4.78, 5) is 2.33. The van der Waals surface area contributed by atoms with Crippen molar-refractivity contribution >= 4 is 56.1 Å². The van der Waals surface area contributed by atoms with Gasteiger partial charge in [-0.2, -0.15) is 0 Å². The van der Waals surface area contributed by atoms with Gasteiger partial charge in [-0.05, 0) is 34.4 Å². The normalized spacial score (nSPS) is 12.7. The van der Waals surface area contributed by atoms with Gasteiger partial charge in [0, 0.05) is 28.2 Å². The molecule has 150 valence electrons. The van der Waals surface area contributed by atoms with Crippen LogP contribution in [0.2, 0.25) is 19.6 Å². The van der Waals surface area contributed by atoms with Crippen molar-refractivity contribution < 1.29 is 0 Å². The van der Waals surface area contributed by atoms with Crippen molar-refractivity contribution in [2.75, 3.05) is 11.9 Å². The maximum atomic E-state index is 2.44. The number of hydrogen-bond donors (Lipinski definition) is 0. The Morgan fingerprint density at radius 3 is 1.93 bits per heavy atom. The third kappa shape index (κ3) is 3.62. The van der Waals surface area contributed by atoms with Crippen molar-refractivity contribution in [1.29, 1.82) is 0 Å². The first-order valence-corrected chi connectivity index (χ1v) is 14.7. The van der Waals surface area contributed by atoms with Crippen LogP contribution in [0.25, 0.3) is 20.2 Å². The zero-order valence-corrected chi connectivity index (χ0v) is 20.4. The first-order chi connectivity index (χ1) is 13.6. The molecular formula is C26H31NSSi. The molecule has 0 unspecified atom stereocenters. The fourth-order valence-corrected chi connectivity index (χ4v) is 7.74. The second-order valence-electron chi connectivity index (χ2n) is 10.0. The lowest BCUT2D eigenvalue weighted by molar-refractivity contribution is 0.590. The fourth-order valence-electron chi connectivity index (χ4n) is 3.98. The Hall–Kier alpha value is -2.10. The summed E-state index contributed by atoms with van der Waals surface area (Å²) < 4.78 is 2.86. The summed E-state index contributed by atoms with van der Waals surface area (Å²) in [7, 11) is 0.789. The molecule has 0 bridgehead atoms. The molecule has 1 nitrogen and oxygen atoms in total. The van der Waals surface area contributed by atoms with E-state index in [1.54, 1.807) is 5.19 Å². The van der Waals surface area contributed by atoms with Crippen LogP contribution in [-0.4, -0.2) is 15.1 Å². The smallest absolute Gasteiger partial charge is 0.0794 e. The molecule has 0 aliphatic rings. The van der Waals surface area contributed by atoms with Crippen LogP contribution in [0.4, 0.5) is 11.4 Å². The standard InChI is InChI=1S/C26H31NSSi/c1-26(2,3)18-14-16-19(17-15-18)27(4)22-12-8-10-20-21-11-9-13-23(29(5,6)7)25(21)28-24(20)22/h8-17H,1-7H3. The summed E-state index contributed by atoms with van der Waals surface area (Å²) in [6.45, 7) is 14.1. The van der Waals surface area contributed by atoms with Gasteiger partial charge in [-0.15, -0.1) is 11.3 Å². The van der Waals surface area contributed by atoms with Gasteiger partial charge in [-0.25, -0.2) is 0 Å². The minimum atomic E-state index is -1.40. The Labute approximate surface area is 180 Å². The van der Waals surface area contributed by atoms with Gasteiger partial charge in [-0.1, -0.05) is 82.9 Å². The Morgan fingerprint density at radius 1 is 0.759 bits per heavy atom. The van der Waals surface area contributed by atoms with E-state index in [0.717, 1.165) is 0 Å². The summed E-state index contributed by atoms with van der Waals surface area (Å²) in [5, 5.41) is 4.35. The molecule has 0 fully saturated rings. The van der Waals surface area contributed by atoms with Crippen LogP contribution in [0.5, 0.6) is 0 Å². The van der Waals surface area contributed by atoms with E-state index in [2.05, 4.69) is 113 Å². The highest BCUT2D eigenvalue weighted by atomic mass is 32.1. The Morgan fingerprint density at radius 2 is 1.34 bits per heavy atom. The van der Waals surface area contributed by atoms with E-state index in [1.807, 2.05) is 11.3 Å². The van der Waals surface area contributed by atoms with Crippen molar-refractivity contribution in [3.63, 3.8) is 0 Å². The average molecular weight is 418 g/mol. The number of fused-ring (bicyclic) bond motifs is 3. The van der Waals surface area contributed by atoms with Crippen molar-refractivity contribution in [3.8, 4) is 0 Å². The molecule has 0 saturated heterocycles. The summed E-state index contributed by atoms with van der Waals surface area (Å²) in [5.41, 5.74) is 4.06. The quantitative estimate of drug-likeness (QED) is 0.309. The van der Waals surface area contributed by atoms with Crippen LogP contribution in [0.1, 0.15) is 26.3 Å². The van der Waals surface area contributed by atoms with Gasteiger partial charge in [-0.3, -0.25) is 0 Å². The maximum absolute atomic E-state index is 2.44. The molecule has 0 atom stereocenters. The van der Waals surface area contributed by atoms with Crippen LogP contribution >= 0.6 is 11.3 Å². The lowest BCUT2D eigenvalue weighted by atomic mass is 9.87. The molecule has 3 heteroatoms. The van der Waals surface area contributed by atoms with E-state index >= 15 is 0 Å². The predicted molar refractivity (Wildman–Crippen MR) is 136 cm³/mol. The van der Waals surface area contributed by atoms with E-state index in [1.165, 1.54) is 37.1 Å². The van der Waals surface area contributed by atoms with E-state index in [4.69, 9.17) is 0 Å². The second kappa shape index (κ2) is 7.00. The number of thiophene rings is 1. The lowest BCUT2D eigenvalue weighted by Gasteiger charge is -2.23. The number of rotatable bonds is 3. The van der Waals surface area contributed by atoms with Crippen LogP contribution in [0.15, 0.2) is 60.7 Å². The molecule has 0 N–H and O–H groups in total. The number of benzene rings is 3. The highest BCUT2D eigenvalue weighted by Gasteiger charge is 2.22. The number of hydrogen-bond acceptors (Lipinski definition) is 2. The van der Waals surface area contributed by atoms with Crippen molar-refractivity contribution in [2.45, 2.75) is 45.8 Å². The zero-order valence-electron chi connectivity index (χ0n) is 18.6. The first kappa shape index (κ1) is 20.2. The maximum Gasteiger partial charge on any atom is 0.0794 e. The fraction of sp³-hybridized carbons (Fsp3) is 0.308. The van der Waals surface area contributed by atoms with Crippen LogP contribution in [-0.2, 0) is 5.41 Å². The molecular weight excluding hydrogens is 386 g/mol. The molecule has 1 heterocycles. The van der Waals surface area contributed by atoms with E-state index in [9.17, 15) is 0 Å². The van der Waals surface area contributed by atoms with Crippen molar-refractivity contribution in [2.24, 2.45) is 0 Å². The largest absolute Gasteiger partial charge is 0.343 e. The van der Waals surface area contributed by atoms with Gasteiger partial charge in [0.2, 0.25) is 0 Å². The van der Waals surface area contributed by atoms with E-state index < -0.39 is 8.07 Å².